The van der Waals surface area contributed by atoms with Crippen molar-refractivity contribution in [2.24, 2.45) is 0 Å². The second kappa shape index (κ2) is 9.91. The molecule has 1 N–H and O–H groups in total. The van der Waals surface area contributed by atoms with Crippen LogP contribution in [0.4, 0.5) is 0 Å². The van der Waals surface area contributed by atoms with Crippen LogP contribution in [0.25, 0.3) is 0 Å². The SMILES string of the molecule is CC(C)NC(=O)C(=O)N1CCN(C(=O)c2ccccc2COc2ccccc2)CC1. The number of hydrogen-bond acceptors (Lipinski definition) is 4. The zero-order chi connectivity index (χ0) is 21.5. The fraction of sp³-hybridized carbons (Fsp3) is 0.348. The van der Waals surface area contributed by atoms with E-state index in [0.29, 0.717) is 38.3 Å². The summed E-state index contributed by atoms with van der Waals surface area (Å²) < 4.78 is 5.81. The first-order valence-electron chi connectivity index (χ1n) is 10.1. The first kappa shape index (κ1) is 21.4. The number of benzene rings is 2. The molecular formula is C23H27N3O4. The van der Waals surface area contributed by atoms with E-state index in [2.05, 4.69) is 5.32 Å². The van der Waals surface area contributed by atoms with Gasteiger partial charge in [0.1, 0.15) is 12.4 Å². The molecule has 3 amide bonds. The van der Waals surface area contributed by atoms with Crippen LogP contribution < -0.4 is 10.1 Å². The molecule has 3 rings (SSSR count). The Morgan fingerprint density at radius 3 is 2.17 bits per heavy atom. The van der Waals surface area contributed by atoms with Gasteiger partial charge in [-0.2, -0.15) is 0 Å². The van der Waals surface area contributed by atoms with Crippen molar-refractivity contribution < 1.29 is 19.1 Å². The molecular weight excluding hydrogens is 382 g/mol. The molecule has 1 saturated heterocycles. The van der Waals surface area contributed by atoms with Crippen LogP contribution in [0.2, 0.25) is 0 Å². The largest absolute Gasteiger partial charge is 0.489 e. The van der Waals surface area contributed by atoms with E-state index in [0.717, 1.165) is 11.3 Å². The van der Waals surface area contributed by atoms with E-state index in [1.165, 1.54) is 4.90 Å². The topological polar surface area (TPSA) is 79.0 Å². The molecule has 1 aliphatic rings. The average molecular weight is 409 g/mol. The zero-order valence-electron chi connectivity index (χ0n) is 17.3. The summed E-state index contributed by atoms with van der Waals surface area (Å²) in [6.45, 7) is 5.33. The van der Waals surface area contributed by atoms with Gasteiger partial charge >= 0.3 is 11.8 Å². The average Bonchev–Trinajstić information content (AvgIpc) is 2.77. The lowest BCUT2D eigenvalue weighted by molar-refractivity contribution is -0.147. The van der Waals surface area contributed by atoms with Crippen molar-refractivity contribution in [2.75, 3.05) is 26.2 Å². The van der Waals surface area contributed by atoms with Crippen LogP contribution in [0, 0.1) is 0 Å². The van der Waals surface area contributed by atoms with Gasteiger partial charge in [0.05, 0.1) is 0 Å². The van der Waals surface area contributed by atoms with Gasteiger partial charge in [-0.1, -0.05) is 36.4 Å². The number of piperazine rings is 1. The van der Waals surface area contributed by atoms with E-state index in [1.54, 1.807) is 24.8 Å². The van der Waals surface area contributed by atoms with E-state index < -0.39 is 11.8 Å². The molecule has 0 aliphatic carbocycles. The Morgan fingerprint density at radius 2 is 1.50 bits per heavy atom. The summed E-state index contributed by atoms with van der Waals surface area (Å²) in [5, 5.41) is 2.61. The van der Waals surface area contributed by atoms with Gasteiger partial charge in [-0.3, -0.25) is 14.4 Å². The Balaban J connectivity index is 1.60. The number of amides is 3. The first-order valence-corrected chi connectivity index (χ1v) is 10.1. The fourth-order valence-corrected chi connectivity index (χ4v) is 3.28. The van der Waals surface area contributed by atoms with Gasteiger partial charge in [-0.25, -0.2) is 0 Å². The van der Waals surface area contributed by atoms with Crippen molar-refractivity contribution in [2.45, 2.75) is 26.5 Å². The number of para-hydroxylation sites is 1. The minimum Gasteiger partial charge on any atom is -0.489 e. The van der Waals surface area contributed by atoms with Crippen LogP contribution >= 0.6 is 0 Å². The molecule has 1 aliphatic heterocycles. The molecule has 0 aromatic heterocycles. The number of nitrogens with zero attached hydrogens (tertiary/aromatic N) is 2. The predicted molar refractivity (Wildman–Crippen MR) is 113 cm³/mol. The van der Waals surface area contributed by atoms with Gasteiger partial charge in [0.15, 0.2) is 0 Å². The second-order valence-electron chi connectivity index (χ2n) is 7.47. The van der Waals surface area contributed by atoms with Crippen LogP contribution in [0.5, 0.6) is 5.75 Å². The van der Waals surface area contributed by atoms with Gasteiger partial charge in [0, 0.05) is 43.3 Å². The predicted octanol–water partition coefficient (Wildman–Crippen LogP) is 2.07. The Kier molecular flexibility index (Phi) is 7.06. The third-order valence-electron chi connectivity index (χ3n) is 4.85. The highest BCUT2D eigenvalue weighted by Crippen LogP contribution is 2.17. The number of carbonyl (C=O) groups excluding carboxylic acids is 3. The fourth-order valence-electron chi connectivity index (χ4n) is 3.28. The molecule has 0 spiro atoms. The maximum Gasteiger partial charge on any atom is 0.312 e. The highest BCUT2D eigenvalue weighted by molar-refractivity contribution is 6.35. The van der Waals surface area contributed by atoms with Gasteiger partial charge in [0.25, 0.3) is 5.91 Å². The van der Waals surface area contributed by atoms with Crippen molar-refractivity contribution in [1.82, 2.24) is 15.1 Å². The number of rotatable bonds is 5. The number of ether oxygens (including phenoxy) is 1. The lowest BCUT2D eigenvalue weighted by Crippen LogP contribution is -2.54. The van der Waals surface area contributed by atoms with Crippen LogP contribution in [-0.2, 0) is 16.2 Å². The maximum absolute atomic E-state index is 13.1. The normalized spacial score (nSPS) is 13.8. The van der Waals surface area contributed by atoms with E-state index in [9.17, 15) is 14.4 Å². The van der Waals surface area contributed by atoms with Crippen LogP contribution in [0.15, 0.2) is 54.6 Å². The standard InChI is InChI=1S/C23H27N3O4/c1-17(2)24-21(27)23(29)26-14-12-25(13-15-26)22(28)20-11-7-6-8-18(20)16-30-19-9-4-3-5-10-19/h3-11,17H,12-16H2,1-2H3,(H,24,27). The van der Waals surface area contributed by atoms with E-state index >= 15 is 0 Å². The molecule has 2 aromatic carbocycles. The zero-order valence-corrected chi connectivity index (χ0v) is 17.3. The molecule has 7 heteroatoms. The molecule has 30 heavy (non-hydrogen) atoms. The first-order chi connectivity index (χ1) is 14.5. The molecule has 0 unspecified atom stereocenters. The van der Waals surface area contributed by atoms with E-state index in [4.69, 9.17) is 4.74 Å². The second-order valence-corrected chi connectivity index (χ2v) is 7.47. The quantitative estimate of drug-likeness (QED) is 0.767. The third-order valence-corrected chi connectivity index (χ3v) is 4.85. The van der Waals surface area contributed by atoms with Crippen molar-refractivity contribution in [1.29, 1.82) is 0 Å². The minimum atomic E-state index is -0.604. The number of carbonyl (C=O) groups is 3. The third kappa shape index (κ3) is 5.37. The van der Waals surface area contributed by atoms with Crippen molar-refractivity contribution in [3.63, 3.8) is 0 Å². The Bertz CT molecular complexity index is 890. The summed E-state index contributed by atoms with van der Waals surface area (Å²) >= 11 is 0. The molecule has 7 nitrogen and oxygen atoms in total. The molecule has 0 radical (unpaired) electrons. The highest BCUT2D eigenvalue weighted by atomic mass is 16.5. The molecule has 158 valence electrons. The molecule has 2 aromatic rings. The summed E-state index contributed by atoms with van der Waals surface area (Å²) in [6, 6.07) is 16.7. The van der Waals surface area contributed by atoms with E-state index in [1.807, 2.05) is 48.5 Å². The summed E-state index contributed by atoms with van der Waals surface area (Å²) in [5.41, 5.74) is 1.40. The molecule has 1 fully saturated rings. The van der Waals surface area contributed by atoms with Crippen LogP contribution in [0.3, 0.4) is 0 Å². The summed E-state index contributed by atoms with van der Waals surface area (Å²) in [5.74, 6) is -0.506. The lowest BCUT2D eigenvalue weighted by atomic mass is 10.1. The van der Waals surface area contributed by atoms with Crippen LogP contribution in [-0.4, -0.2) is 59.7 Å². The van der Waals surface area contributed by atoms with Crippen molar-refractivity contribution >= 4 is 17.7 Å². The summed E-state index contributed by atoms with van der Waals surface area (Å²) in [6.07, 6.45) is 0. The molecule has 1 heterocycles. The smallest absolute Gasteiger partial charge is 0.312 e. The summed E-state index contributed by atoms with van der Waals surface area (Å²) in [7, 11) is 0. The van der Waals surface area contributed by atoms with E-state index in [-0.39, 0.29) is 11.9 Å². The Labute approximate surface area is 176 Å². The lowest BCUT2D eigenvalue weighted by Gasteiger charge is -2.34. The molecule has 0 bridgehead atoms. The highest BCUT2D eigenvalue weighted by Gasteiger charge is 2.29. The maximum atomic E-state index is 13.1. The monoisotopic (exact) mass is 409 g/mol. The molecule has 0 saturated carbocycles. The Hall–Kier alpha value is -3.35. The summed E-state index contributed by atoms with van der Waals surface area (Å²) in [4.78, 5) is 40.5. The van der Waals surface area contributed by atoms with Gasteiger partial charge in [0.2, 0.25) is 0 Å². The van der Waals surface area contributed by atoms with Gasteiger partial charge < -0.3 is 19.9 Å². The minimum absolute atomic E-state index is 0.0963. The van der Waals surface area contributed by atoms with Gasteiger partial charge in [-0.15, -0.1) is 0 Å². The number of nitrogens with one attached hydrogen (secondary N) is 1. The van der Waals surface area contributed by atoms with Crippen molar-refractivity contribution in [3.05, 3.63) is 65.7 Å². The van der Waals surface area contributed by atoms with Crippen molar-refractivity contribution in [3.8, 4) is 5.75 Å². The van der Waals surface area contributed by atoms with Gasteiger partial charge in [-0.05, 0) is 32.0 Å². The van der Waals surface area contributed by atoms with Crippen LogP contribution in [0.1, 0.15) is 29.8 Å². The molecule has 0 atom stereocenters. The Morgan fingerprint density at radius 1 is 0.900 bits per heavy atom. The number of hydrogen-bond donors (Lipinski definition) is 1.